The average molecular weight is 349 g/mol. The van der Waals surface area contributed by atoms with Crippen molar-refractivity contribution in [1.29, 1.82) is 0 Å². The number of alkyl carbamates (subject to hydrolysis) is 1. The summed E-state index contributed by atoms with van der Waals surface area (Å²) in [6.45, 7) is 5.52. The standard InChI is InChI=1S/C14H19BrClNO2/c1-14(2,3)19-13(18)17-12(7-8-15)10-5-4-6-11(16)9-10/h4-6,9,12H,7-8H2,1-3H3,(H,17,18)/t12-/m1/s1. The molecule has 19 heavy (non-hydrogen) atoms. The molecular weight excluding hydrogens is 330 g/mol. The number of benzene rings is 1. The predicted molar refractivity (Wildman–Crippen MR) is 82.0 cm³/mol. The van der Waals surface area contributed by atoms with E-state index in [0.717, 1.165) is 17.3 Å². The quantitative estimate of drug-likeness (QED) is 0.802. The molecule has 0 unspecified atom stereocenters. The monoisotopic (exact) mass is 347 g/mol. The number of hydrogen-bond donors (Lipinski definition) is 1. The Hall–Kier alpha value is -0.740. The second-order valence-electron chi connectivity index (χ2n) is 5.23. The van der Waals surface area contributed by atoms with Crippen molar-refractivity contribution in [1.82, 2.24) is 5.32 Å². The smallest absolute Gasteiger partial charge is 0.408 e. The SMILES string of the molecule is CC(C)(C)OC(=O)N[C@H](CCBr)c1cccc(Cl)c1. The molecule has 0 aliphatic carbocycles. The third-order valence-corrected chi connectivity index (χ3v) is 3.03. The minimum absolute atomic E-state index is 0.118. The lowest BCUT2D eigenvalue weighted by Gasteiger charge is -2.23. The lowest BCUT2D eigenvalue weighted by atomic mass is 10.1. The van der Waals surface area contributed by atoms with E-state index in [1.165, 1.54) is 0 Å². The van der Waals surface area contributed by atoms with Crippen LogP contribution in [0.5, 0.6) is 0 Å². The van der Waals surface area contributed by atoms with Gasteiger partial charge < -0.3 is 10.1 Å². The lowest BCUT2D eigenvalue weighted by Crippen LogP contribution is -2.35. The van der Waals surface area contributed by atoms with Crippen LogP contribution in [0, 0.1) is 0 Å². The van der Waals surface area contributed by atoms with E-state index in [2.05, 4.69) is 21.2 Å². The van der Waals surface area contributed by atoms with Gasteiger partial charge in [0.15, 0.2) is 0 Å². The van der Waals surface area contributed by atoms with E-state index in [0.29, 0.717) is 5.02 Å². The van der Waals surface area contributed by atoms with Crippen LogP contribution in [-0.4, -0.2) is 17.0 Å². The van der Waals surface area contributed by atoms with Gasteiger partial charge in [0.25, 0.3) is 0 Å². The average Bonchev–Trinajstić information content (AvgIpc) is 2.26. The van der Waals surface area contributed by atoms with Crippen LogP contribution in [0.4, 0.5) is 4.79 Å². The van der Waals surface area contributed by atoms with Gasteiger partial charge in [-0.2, -0.15) is 0 Å². The number of ether oxygens (including phenoxy) is 1. The molecule has 0 fully saturated rings. The fraction of sp³-hybridized carbons (Fsp3) is 0.500. The van der Waals surface area contributed by atoms with Crippen LogP contribution >= 0.6 is 27.5 Å². The van der Waals surface area contributed by atoms with Crippen molar-refractivity contribution in [3.05, 3.63) is 34.9 Å². The zero-order valence-electron chi connectivity index (χ0n) is 11.4. The summed E-state index contributed by atoms with van der Waals surface area (Å²) >= 11 is 9.37. The zero-order chi connectivity index (χ0) is 14.5. The first kappa shape index (κ1) is 16.3. The Kier molecular flexibility index (Phi) is 6.14. The summed E-state index contributed by atoms with van der Waals surface area (Å²) in [5, 5.41) is 4.30. The van der Waals surface area contributed by atoms with Crippen molar-refractivity contribution in [2.75, 3.05) is 5.33 Å². The third kappa shape index (κ3) is 6.30. The first-order chi connectivity index (χ1) is 8.81. The Morgan fingerprint density at radius 2 is 2.16 bits per heavy atom. The van der Waals surface area contributed by atoms with Crippen LogP contribution < -0.4 is 5.32 Å². The van der Waals surface area contributed by atoms with Crippen LogP contribution in [0.25, 0.3) is 0 Å². The summed E-state index contributed by atoms with van der Waals surface area (Å²) in [6.07, 6.45) is 0.345. The topological polar surface area (TPSA) is 38.3 Å². The van der Waals surface area contributed by atoms with Crippen LogP contribution in [0.2, 0.25) is 5.02 Å². The first-order valence-electron chi connectivity index (χ1n) is 6.13. The van der Waals surface area contributed by atoms with Crippen LogP contribution in [0.1, 0.15) is 38.8 Å². The van der Waals surface area contributed by atoms with E-state index >= 15 is 0 Å². The fourth-order valence-electron chi connectivity index (χ4n) is 1.60. The maximum atomic E-state index is 11.8. The molecule has 0 aromatic heterocycles. The molecule has 0 radical (unpaired) electrons. The normalized spacial score (nSPS) is 12.9. The summed E-state index contributed by atoms with van der Waals surface area (Å²) in [5.41, 5.74) is 0.468. The minimum Gasteiger partial charge on any atom is -0.444 e. The number of nitrogens with one attached hydrogen (secondary N) is 1. The van der Waals surface area contributed by atoms with Gasteiger partial charge >= 0.3 is 6.09 Å². The molecule has 0 spiro atoms. The first-order valence-corrected chi connectivity index (χ1v) is 7.63. The number of carbonyl (C=O) groups is 1. The second kappa shape index (κ2) is 7.15. The molecule has 1 atom stereocenters. The van der Waals surface area contributed by atoms with Gasteiger partial charge in [-0.25, -0.2) is 4.79 Å². The number of carbonyl (C=O) groups excluding carboxylic acids is 1. The number of hydrogen-bond acceptors (Lipinski definition) is 2. The highest BCUT2D eigenvalue weighted by Gasteiger charge is 2.20. The molecular formula is C14H19BrClNO2. The van der Waals surface area contributed by atoms with Crippen molar-refractivity contribution in [2.45, 2.75) is 38.8 Å². The molecule has 1 aromatic carbocycles. The molecule has 1 N–H and O–H groups in total. The van der Waals surface area contributed by atoms with Gasteiger partial charge in [-0.05, 0) is 44.9 Å². The zero-order valence-corrected chi connectivity index (χ0v) is 13.7. The molecule has 0 bridgehead atoms. The molecule has 1 amide bonds. The number of rotatable bonds is 4. The van der Waals surface area contributed by atoms with Gasteiger partial charge in [0.2, 0.25) is 0 Å². The molecule has 0 aliphatic rings. The van der Waals surface area contributed by atoms with E-state index in [1.54, 1.807) is 0 Å². The van der Waals surface area contributed by atoms with Crippen LogP contribution in [0.15, 0.2) is 24.3 Å². The molecule has 1 rings (SSSR count). The van der Waals surface area contributed by atoms with E-state index in [-0.39, 0.29) is 6.04 Å². The number of alkyl halides is 1. The van der Waals surface area contributed by atoms with Gasteiger partial charge in [-0.3, -0.25) is 0 Å². The Labute approximate surface area is 127 Å². The number of amides is 1. The van der Waals surface area contributed by atoms with Gasteiger partial charge in [-0.15, -0.1) is 0 Å². The Bertz CT molecular complexity index is 432. The van der Waals surface area contributed by atoms with Gasteiger partial charge in [0.05, 0.1) is 6.04 Å². The van der Waals surface area contributed by atoms with Crippen LogP contribution in [0.3, 0.4) is 0 Å². The molecule has 1 aromatic rings. The maximum Gasteiger partial charge on any atom is 0.408 e. The summed E-state index contributed by atoms with van der Waals surface area (Å²) in [7, 11) is 0. The third-order valence-electron chi connectivity index (χ3n) is 2.34. The highest BCUT2D eigenvalue weighted by molar-refractivity contribution is 9.09. The lowest BCUT2D eigenvalue weighted by molar-refractivity contribution is 0.0502. The Morgan fingerprint density at radius 1 is 1.47 bits per heavy atom. The highest BCUT2D eigenvalue weighted by atomic mass is 79.9. The molecule has 5 heteroatoms. The Balaban J connectivity index is 2.76. The predicted octanol–water partition coefficient (Wildman–Crippen LogP) is 4.69. The van der Waals surface area contributed by atoms with E-state index in [9.17, 15) is 4.79 Å². The van der Waals surface area contributed by atoms with Gasteiger partial charge in [-0.1, -0.05) is 39.7 Å². The van der Waals surface area contributed by atoms with Crippen molar-refractivity contribution >= 4 is 33.6 Å². The maximum absolute atomic E-state index is 11.8. The summed E-state index contributed by atoms with van der Waals surface area (Å²) < 4.78 is 5.27. The molecule has 106 valence electrons. The van der Waals surface area contributed by atoms with Crippen molar-refractivity contribution < 1.29 is 9.53 Å². The van der Waals surface area contributed by atoms with Gasteiger partial charge in [0.1, 0.15) is 5.60 Å². The molecule has 0 heterocycles. The largest absolute Gasteiger partial charge is 0.444 e. The van der Waals surface area contributed by atoms with Gasteiger partial charge in [0, 0.05) is 10.4 Å². The molecule has 3 nitrogen and oxygen atoms in total. The van der Waals surface area contributed by atoms with Crippen molar-refractivity contribution in [3.8, 4) is 0 Å². The minimum atomic E-state index is -0.503. The summed E-state index contributed by atoms with van der Waals surface area (Å²) in [6, 6.07) is 7.36. The second-order valence-corrected chi connectivity index (χ2v) is 6.46. The van der Waals surface area contributed by atoms with Crippen molar-refractivity contribution in [3.63, 3.8) is 0 Å². The van der Waals surface area contributed by atoms with Crippen molar-refractivity contribution in [2.24, 2.45) is 0 Å². The summed E-state index contributed by atoms with van der Waals surface area (Å²) in [4.78, 5) is 11.8. The fourth-order valence-corrected chi connectivity index (χ4v) is 2.26. The number of halogens is 2. The highest BCUT2D eigenvalue weighted by Crippen LogP contribution is 2.22. The molecule has 0 saturated carbocycles. The van der Waals surface area contributed by atoms with E-state index in [4.69, 9.17) is 16.3 Å². The molecule has 0 saturated heterocycles. The summed E-state index contributed by atoms with van der Waals surface area (Å²) in [5.74, 6) is 0. The van der Waals surface area contributed by atoms with E-state index in [1.807, 2.05) is 45.0 Å². The van der Waals surface area contributed by atoms with Crippen LogP contribution in [-0.2, 0) is 4.74 Å². The molecule has 0 aliphatic heterocycles. The van der Waals surface area contributed by atoms with E-state index < -0.39 is 11.7 Å². The Morgan fingerprint density at radius 3 is 2.68 bits per heavy atom.